The Bertz CT molecular complexity index is 1240. The fourth-order valence-electron chi connectivity index (χ4n) is 6.43. The van der Waals surface area contributed by atoms with Gasteiger partial charge in [0.15, 0.2) is 6.29 Å². The van der Waals surface area contributed by atoms with Crippen molar-refractivity contribution in [1.82, 2.24) is 10.6 Å². The van der Waals surface area contributed by atoms with Gasteiger partial charge in [0.05, 0.1) is 46.2 Å². The molecule has 1 aliphatic heterocycles. The summed E-state index contributed by atoms with van der Waals surface area (Å²) in [6, 6.07) is -1.03. The molecule has 0 saturated carbocycles. The topological polar surface area (TPSA) is 250 Å². The molecule has 5 N–H and O–H groups in total. The molecule has 1 saturated heterocycles. The van der Waals surface area contributed by atoms with Crippen LogP contribution in [0.2, 0.25) is 0 Å². The summed E-state index contributed by atoms with van der Waals surface area (Å²) in [5.41, 5.74) is -0.967. The van der Waals surface area contributed by atoms with Crippen LogP contribution in [-0.2, 0) is 57.2 Å². The molecular formula is C41H70N2O15. The first kappa shape index (κ1) is 53.0. The van der Waals surface area contributed by atoms with Crippen molar-refractivity contribution in [2.24, 2.45) is 0 Å². The molecule has 0 radical (unpaired) electrons. The monoisotopic (exact) mass is 830 g/mol. The van der Waals surface area contributed by atoms with Crippen LogP contribution < -0.4 is 10.6 Å². The second kappa shape index (κ2) is 30.9. The maximum absolute atomic E-state index is 13.2. The number of Topliss-reactive ketones (excluding diaryl/α,β-unsaturated/α-hetero) is 5. The highest BCUT2D eigenvalue weighted by molar-refractivity contribution is 5.88. The average Bonchev–Trinajstić information content (AvgIpc) is 3.18. The maximum Gasteiger partial charge on any atom is 0.220 e. The van der Waals surface area contributed by atoms with Gasteiger partial charge < -0.3 is 54.4 Å². The molecule has 0 aromatic rings. The third-order valence-electron chi connectivity index (χ3n) is 9.75. The van der Waals surface area contributed by atoms with E-state index in [1.54, 1.807) is 0 Å². The summed E-state index contributed by atoms with van der Waals surface area (Å²) in [5.74, 6) is -1.11. The van der Waals surface area contributed by atoms with Gasteiger partial charge in [0.25, 0.3) is 0 Å². The average molecular weight is 831 g/mol. The van der Waals surface area contributed by atoms with Gasteiger partial charge in [-0.15, -0.1) is 0 Å². The largest absolute Gasteiger partial charge is 0.394 e. The third-order valence-corrected chi connectivity index (χ3v) is 9.75. The highest BCUT2D eigenvalue weighted by Gasteiger charge is 2.45. The Morgan fingerprint density at radius 2 is 1.09 bits per heavy atom. The van der Waals surface area contributed by atoms with Crippen LogP contribution in [0.15, 0.2) is 0 Å². The predicted molar refractivity (Wildman–Crippen MR) is 211 cm³/mol. The number of amides is 2. The molecule has 1 fully saturated rings. The van der Waals surface area contributed by atoms with Crippen molar-refractivity contribution in [2.45, 2.75) is 167 Å². The molecule has 0 spiro atoms. The number of hydrogen-bond donors (Lipinski definition) is 5. The quantitative estimate of drug-likeness (QED) is 0.0567. The molecule has 17 heteroatoms. The summed E-state index contributed by atoms with van der Waals surface area (Å²) >= 11 is 0. The van der Waals surface area contributed by atoms with E-state index in [0.717, 1.165) is 0 Å². The lowest BCUT2D eigenvalue weighted by Crippen LogP contribution is -2.64. The summed E-state index contributed by atoms with van der Waals surface area (Å²) in [5, 5.41) is 35.3. The van der Waals surface area contributed by atoms with Crippen molar-refractivity contribution in [3.8, 4) is 0 Å². The van der Waals surface area contributed by atoms with Crippen LogP contribution in [0.1, 0.15) is 130 Å². The molecule has 1 rings (SSSR count). The first-order chi connectivity index (χ1) is 27.7. The normalized spacial score (nSPS) is 19.4. The minimum Gasteiger partial charge on any atom is -0.394 e. The molecule has 1 aliphatic rings. The molecule has 334 valence electrons. The number of carbonyl (C=O) groups is 7. The minimum atomic E-state index is -1.40. The molecule has 0 bridgehead atoms. The summed E-state index contributed by atoms with van der Waals surface area (Å²) < 4.78 is 27.7. The lowest BCUT2D eigenvalue weighted by atomic mass is 9.81. The summed E-state index contributed by atoms with van der Waals surface area (Å²) in [4.78, 5) is 86.3. The van der Waals surface area contributed by atoms with E-state index in [1.807, 2.05) is 13.8 Å². The standard InChI is InChI=1S/C41H70N2O15/c1-5-8-31(47)15-18-41(19-16-32(48)9-6-2,43-36(51)14-13-34(50)12-11-29(3)45)20-17-33(49)10-7-21-54-22-23-55-24-25-56-26-27-57-40-37(42-30(4)46)39(53)38(52)35(28-44)58-40/h35,37-40,44,52-53H,5-28H2,1-4H3,(H,42,46)(H,43,51)/t35-,37-,38+,39-,40?/m1/s1. The van der Waals surface area contributed by atoms with Gasteiger partial charge in [0, 0.05) is 83.3 Å². The van der Waals surface area contributed by atoms with Gasteiger partial charge in [-0.05, 0) is 45.4 Å². The van der Waals surface area contributed by atoms with Crippen LogP contribution in [0, 0.1) is 0 Å². The molecule has 0 aromatic carbocycles. The van der Waals surface area contributed by atoms with Crippen molar-refractivity contribution < 1.29 is 72.6 Å². The van der Waals surface area contributed by atoms with E-state index >= 15 is 0 Å². The Morgan fingerprint density at radius 3 is 1.59 bits per heavy atom. The van der Waals surface area contributed by atoms with E-state index in [2.05, 4.69) is 10.6 Å². The highest BCUT2D eigenvalue weighted by Crippen LogP contribution is 2.28. The zero-order chi connectivity index (χ0) is 43.3. The number of aliphatic hydroxyl groups excluding tert-OH is 3. The summed E-state index contributed by atoms with van der Waals surface area (Å²) in [7, 11) is 0. The number of aliphatic hydroxyl groups is 3. The van der Waals surface area contributed by atoms with Gasteiger partial charge in [-0.1, -0.05) is 13.8 Å². The van der Waals surface area contributed by atoms with Crippen molar-refractivity contribution in [2.75, 3.05) is 52.9 Å². The Morgan fingerprint density at radius 1 is 0.603 bits per heavy atom. The number of ketones is 5. The van der Waals surface area contributed by atoms with Gasteiger partial charge in [-0.2, -0.15) is 0 Å². The van der Waals surface area contributed by atoms with Crippen LogP contribution in [-0.4, -0.2) is 145 Å². The second-order valence-electron chi connectivity index (χ2n) is 14.9. The Labute approximate surface area is 343 Å². The molecule has 0 aliphatic carbocycles. The fourth-order valence-corrected chi connectivity index (χ4v) is 6.43. The van der Waals surface area contributed by atoms with Crippen molar-refractivity contribution in [1.29, 1.82) is 0 Å². The van der Waals surface area contributed by atoms with E-state index < -0.39 is 54.6 Å². The fraction of sp³-hybridized carbons (Fsp3) is 0.829. The van der Waals surface area contributed by atoms with E-state index in [-0.39, 0.29) is 126 Å². The Kier molecular flexibility index (Phi) is 28.3. The first-order valence-electron chi connectivity index (χ1n) is 20.8. The molecule has 5 atom stereocenters. The molecule has 1 unspecified atom stereocenters. The highest BCUT2D eigenvalue weighted by atomic mass is 16.7. The van der Waals surface area contributed by atoms with Gasteiger partial charge >= 0.3 is 0 Å². The number of nitrogens with one attached hydrogen (secondary N) is 2. The van der Waals surface area contributed by atoms with Crippen molar-refractivity contribution in [3.63, 3.8) is 0 Å². The van der Waals surface area contributed by atoms with Crippen LogP contribution in [0.5, 0.6) is 0 Å². The molecule has 17 nitrogen and oxygen atoms in total. The smallest absolute Gasteiger partial charge is 0.220 e. The van der Waals surface area contributed by atoms with Crippen LogP contribution in [0.4, 0.5) is 0 Å². The lowest BCUT2D eigenvalue weighted by molar-refractivity contribution is -0.272. The number of rotatable bonds is 36. The van der Waals surface area contributed by atoms with Crippen molar-refractivity contribution >= 4 is 40.7 Å². The zero-order valence-electron chi connectivity index (χ0n) is 35.1. The number of ether oxygens (including phenoxy) is 5. The van der Waals surface area contributed by atoms with Gasteiger partial charge in [0.2, 0.25) is 11.8 Å². The zero-order valence-corrected chi connectivity index (χ0v) is 35.1. The molecule has 0 aromatic heterocycles. The summed E-state index contributed by atoms with van der Waals surface area (Å²) in [6.45, 7) is 7.56. The Hall–Kier alpha value is -3.03. The van der Waals surface area contributed by atoms with E-state index in [4.69, 9.17) is 23.7 Å². The SMILES string of the molecule is CCCC(=O)CCC(CCC(=O)CCC)(CCC(=O)CCCOCCOCCOCCOC1O[C@H](CO)[C@H](O)[C@H](O)[C@H]1NC(C)=O)NC(=O)CCC(=O)CCC(C)=O. The van der Waals surface area contributed by atoms with E-state index in [9.17, 15) is 48.9 Å². The van der Waals surface area contributed by atoms with Crippen LogP contribution in [0.25, 0.3) is 0 Å². The number of carbonyl (C=O) groups excluding carboxylic acids is 7. The van der Waals surface area contributed by atoms with Gasteiger partial charge in [-0.25, -0.2) is 0 Å². The predicted octanol–water partition coefficient (Wildman–Crippen LogP) is 2.00. The maximum atomic E-state index is 13.2. The lowest BCUT2D eigenvalue weighted by Gasteiger charge is -2.42. The van der Waals surface area contributed by atoms with Crippen LogP contribution in [0.3, 0.4) is 0 Å². The summed E-state index contributed by atoms with van der Waals surface area (Å²) in [6.07, 6.45) is -0.708. The van der Waals surface area contributed by atoms with Gasteiger partial charge in [0.1, 0.15) is 53.3 Å². The molecular weight excluding hydrogens is 760 g/mol. The van der Waals surface area contributed by atoms with Crippen LogP contribution >= 0.6 is 0 Å². The molecule has 1 heterocycles. The first-order valence-corrected chi connectivity index (χ1v) is 20.8. The number of hydrogen-bond acceptors (Lipinski definition) is 15. The molecule has 58 heavy (non-hydrogen) atoms. The minimum absolute atomic E-state index is 0.0278. The second-order valence-corrected chi connectivity index (χ2v) is 14.9. The van der Waals surface area contributed by atoms with E-state index in [0.29, 0.717) is 51.9 Å². The third kappa shape index (κ3) is 23.5. The van der Waals surface area contributed by atoms with E-state index in [1.165, 1.54) is 13.8 Å². The Balaban J connectivity index is 2.49. The van der Waals surface area contributed by atoms with Gasteiger partial charge in [-0.3, -0.25) is 28.8 Å². The molecule has 2 amide bonds. The van der Waals surface area contributed by atoms with Crippen molar-refractivity contribution in [3.05, 3.63) is 0 Å².